The maximum absolute atomic E-state index is 7.84. The number of hydrogen-bond acceptors (Lipinski definition) is 2. The van der Waals surface area contributed by atoms with Crippen LogP contribution in [0.15, 0.2) is 0 Å². The molecule has 0 atom stereocenters. The largest absolute Gasteiger partial charge is 0.251 e. The van der Waals surface area contributed by atoms with Crippen LogP contribution in [-0.2, 0) is 4.89 Å². The van der Waals surface area contributed by atoms with Crippen molar-refractivity contribution in [3.63, 3.8) is 0 Å². The first-order valence-corrected chi connectivity index (χ1v) is 1.74. The highest BCUT2D eigenvalue weighted by molar-refractivity contribution is 4.66. The van der Waals surface area contributed by atoms with Crippen LogP contribution < -0.4 is 0 Å². The molecular weight excluding hydrogens is 80.0 g/mol. The molecule has 0 spiro atoms. The van der Waals surface area contributed by atoms with Gasteiger partial charge in [0.2, 0.25) is 0 Å². The third kappa shape index (κ3) is 3.92. The van der Waals surface area contributed by atoms with Crippen molar-refractivity contribution < 1.29 is 10.1 Å². The summed E-state index contributed by atoms with van der Waals surface area (Å²) in [6.45, 7) is 6.74. The van der Waals surface area contributed by atoms with E-state index in [0.717, 1.165) is 0 Å². The molecule has 0 saturated heterocycles. The van der Waals surface area contributed by atoms with Crippen LogP contribution in [0.2, 0.25) is 0 Å². The van der Waals surface area contributed by atoms with Gasteiger partial charge in [-0.3, -0.25) is 5.26 Å². The maximum atomic E-state index is 7.84. The topological polar surface area (TPSA) is 29.5 Å². The molecule has 0 rings (SSSR count). The van der Waals surface area contributed by atoms with Gasteiger partial charge in [0.1, 0.15) is 0 Å². The van der Waals surface area contributed by atoms with Crippen LogP contribution in [0.4, 0.5) is 0 Å². The zero-order chi connectivity index (χ0) is 5.21. The molecule has 0 bridgehead atoms. The molecule has 6 heavy (non-hydrogen) atoms. The fourth-order valence-electron chi connectivity index (χ4n) is 0. The molecule has 0 heterocycles. The Hall–Kier alpha value is -0.0800. The Labute approximate surface area is 37.7 Å². The SMILES string of the molecule is [CH2]C(C)(C)OO. The molecule has 0 unspecified atom stereocenters. The van der Waals surface area contributed by atoms with Crippen molar-refractivity contribution in [2.45, 2.75) is 19.4 Å². The average molecular weight is 89.1 g/mol. The molecule has 2 nitrogen and oxygen atoms in total. The summed E-state index contributed by atoms with van der Waals surface area (Å²) >= 11 is 0. The molecule has 0 saturated carbocycles. The fraction of sp³-hybridized carbons (Fsp3) is 0.750. The fourth-order valence-corrected chi connectivity index (χ4v) is 0. The van der Waals surface area contributed by atoms with E-state index in [1.54, 1.807) is 13.8 Å². The van der Waals surface area contributed by atoms with Crippen molar-refractivity contribution >= 4 is 0 Å². The Bertz CT molecular complexity index is 35.3. The highest BCUT2D eigenvalue weighted by atomic mass is 17.1. The lowest BCUT2D eigenvalue weighted by Crippen LogP contribution is -2.16. The van der Waals surface area contributed by atoms with E-state index in [4.69, 9.17) is 5.26 Å². The lowest BCUT2D eigenvalue weighted by atomic mass is 10.2. The Balaban J connectivity index is 3.17. The van der Waals surface area contributed by atoms with E-state index in [1.165, 1.54) is 0 Å². The van der Waals surface area contributed by atoms with Crippen LogP contribution >= 0.6 is 0 Å². The van der Waals surface area contributed by atoms with Crippen LogP contribution in [0, 0.1) is 6.92 Å². The second kappa shape index (κ2) is 1.58. The third-order valence-electron chi connectivity index (χ3n) is 0.247. The van der Waals surface area contributed by atoms with Gasteiger partial charge in [0.05, 0.1) is 5.60 Å². The van der Waals surface area contributed by atoms with E-state index in [-0.39, 0.29) is 0 Å². The molecule has 0 aliphatic rings. The predicted octanol–water partition coefficient (Wildman–Crippen LogP) is 1.09. The standard InChI is InChI=1S/C4H9O2/c1-4(2,3)6-5/h5H,1H2,2-3H3. The molecule has 2 heteroatoms. The normalized spacial score (nSPS) is 12.0. The number of rotatable bonds is 1. The maximum Gasteiger partial charge on any atom is 0.0978 e. The predicted molar refractivity (Wildman–Crippen MR) is 23.1 cm³/mol. The van der Waals surface area contributed by atoms with Crippen LogP contribution in [0.1, 0.15) is 13.8 Å². The minimum absolute atomic E-state index is 0.653. The van der Waals surface area contributed by atoms with Gasteiger partial charge in [-0.2, -0.15) is 0 Å². The van der Waals surface area contributed by atoms with Gasteiger partial charge in [0.15, 0.2) is 0 Å². The second-order valence-electron chi connectivity index (χ2n) is 1.85. The van der Waals surface area contributed by atoms with Crippen LogP contribution in [-0.4, -0.2) is 10.9 Å². The quantitative estimate of drug-likeness (QED) is 0.385. The smallest absolute Gasteiger partial charge is 0.0978 e. The zero-order valence-electron chi connectivity index (χ0n) is 4.06. The summed E-state index contributed by atoms with van der Waals surface area (Å²) in [5.74, 6) is 0. The van der Waals surface area contributed by atoms with Crippen molar-refractivity contribution in [2.75, 3.05) is 0 Å². The Kier molecular flexibility index (Phi) is 1.56. The Morgan fingerprint density at radius 1 is 1.67 bits per heavy atom. The summed E-state index contributed by atoms with van der Waals surface area (Å²) in [6.07, 6.45) is 0. The monoisotopic (exact) mass is 89.1 g/mol. The van der Waals surface area contributed by atoms with Gasteiger partial charge in [-0.25, -0.2) is 4.89 Å². The van der Waals surface area contributed by atoms with E-state index >= 15 is 0 Å². The summed E-state index contributed by atoms with van der Waals surface area (Å²) in [7, 11) is 0. The van der Waals surface area contributed by atoms with Crippen LogP contribution in [0.25, 0.3) is 0 Å². The van der Waals surface area contributed by atoms with E-state index in [2.05, 4.69) is 11.8 Å². The third-order valence-corrected chi connectivity index (χ3v) is 0.247. The molecule has 0 fully saturated rings. The van der Waals surface area contributed by atoms with Gasteiger partial charge in [-0.05, 0) is 20.8 Å². The average Bonchev–Trinajstić information content (AvgIpc) is 1.35. The van der Waals surface area contributed by atoms with Gasteiger partial charge < -0.3 is 0 Å². The highest BCUT2D eigenvalue weighted by Gasteiger charge is 2.07. The summed E-state index contributed by atoms with van der Waals surface area (Å²) in [5, 5.41) is 7.84. The molecular formula is C4H9O2. The summed E-state index contributed by atoms with van der Waals surface area (Å²) in [5.41, 5.74) is -0.653. The molecule has 0 aromatic carbocycles. The van der Waals surface area contributed by atoms with Gasteiger partial charge in [-0.1, -0.05) is 0 Å². The molecule has 37 valence electrons. The summed E-state index contributed by atoms with van der Waals surface area (Å²) in [4.78, 5) is 3.83. The first-order chi connectivity index (χ1) is 2.56. The second-order valence-corrected chi connectivity index (χ2v) is 1.85. The minimum Gasteiger partial charge on any atom is -0.251 e. The van der Waals surface area contributed by atoms with Crippen molar-refractivity contribution in [3.05, 3.63) is 6.92 Å². The van der Waals surface area contributed by atoms with Gasteiger partial charge in [0, 0.05) is 0 Å². The van der Waals surface area contributed by atoms with Crippen LogP contribution in [0.3, 0.4) is 0 Å². The highest BCUT2D eigenvalue weighted by Crippen LogP contribution is 2.01. The van der Waals surface area contributed by atoms with Gasteiger partial charge in [-0.15, -0.1) is 0 Å². The molecule has 0 aromatic heterocycles. The van der Waals surface area contributed by atoms with E-state index in [1.807, 2.05) is 0 Å². The minimum atomic E-state index is -0.653. The number of hydrogen-bond donors (Lipinski definition) is 1. The molecule has 0 aromatic rings. The lowest BCUT2D eigenvalue weighted by molar-refractivity contribution is -0.298. The molecule has 0 aliphatic heterocycles. The van der Waals surface area contributed by atoms with Gasteiger partial charge >= 0.3 is 0 Å². The van der Waals surface area contributed by atoms with Crippen molar-refractivity contribution in [2.24, 2.45) is 0 Å². The van der Waals surface area contributed by atoms with Gasteiger partial charge in [0.25, 0.3) is 0 Å². The molecule has 1 radical (unpaired) electrons. The van der Waals surface area contributed by atoms with Crippen molar-refractivity contribution in [1.82, 2.24) is 0 Å². The first kappa shape index (κ1) is 5.92. The first-order valence-electron chi connectivity index (χ1n) is 1.74. The molecule has 0 aliphatic carbocycles. The molecule has 0 amide bonds. The van der Waals surface area contributed by atoms with E-state index < -0.39 is 5.60 Å². The molecule has 1 N–H and O–H groups in total. The van der Waals surface area contributed by atoms with E-state index in [9.17, 15) is 0 Å². The summed E-state index contributed by atoms with van der Waals surface area (Å²) in [6, 6.07) is 0. The van der Waals surface area contributed by atoms with E-state index in [0.29, 0.717) is 0 Å². The lowest BCUT2D eigenvalue weighted by Gasteiger charge is -2.10. The Morgan fingerprint density at radius 2 is 1.83 bits per heavy atom. The van der Waals surface area contributed by atoms with Crippen molar-refractivity contribution in [1.29, 1.82) is 0 Å². The summed E-state index contributed by atoms with van der Waals surface area (Å²) < 4.78 is 0. The zero-order valence-corrected chi connectivity index (χ0v) is 4.06. The van der Waals surface area contributed by atoms with Crippen molar-refractivity contribution in [3.8, 4) is 0 Å². The van der Waals surface area contributed by atoms with Crippen LogP contribution in [0.5, 0.6) is 0 Å². The Morgan fingerprint density at radius 3 is 1.83 bits per heavy atom.